The van der Waals surface area contributed by atoms with Crippen LogP contribution >= 0.6 is 0 Å². The Morgan fingerprint density at radius 3 is 2.20 bits per heavy atom. The maximum Gasteiger partial charge on any atom is 0.410 e. The van der Waals surface area contributed by atoms with Crippen LogP contribution in [0.25, 0.3) is 0 Å². The molecule has 0 saturated carbocycles. The van der Waals surface area contributed by atoms with Gasteiger partial charge in [0.1, 0.15) is 12.1 Å². The fourth-order valence-corrected chi connectivity index (χ4v) is 1.89. The van der Waals surface area contributed by atoms with E-state index < -0.39 is 11.7 Å². The summed E-state index contributed by atoms with van der Waals surface area (Å²) >= 11 is 0. The molecule has 0 aliphatic heterocycles. The predicted octanol–water partition coefficient (Wildman–Crippen LogP) is 3.09. The van der Waals surface area contributed by atoms with Gasteiger partial charge in [0.15, 0.2) is 0 Å². The van der Waals surface area contributed by atoms with Crippen molar-refractivity contribution in [1.29, 1.82) is 0 Å². The van der Waals surface area contributed by atoms with Crippen LogP contribution in [-0.2, 0) is 27.4 Å². The molecule has 0 aliphatic rings. The molecule has 0 saturated heterocycles. The summed E-state index contributed by atoms with van der Waals surface area (Å²) in [7, 11) is 1.54. The molecule has 0 fully saturated rings. The minimum Gasteiger partial charge on any atom is -0.444 e. The van der Waals surface area contributed by atoms with Gasteiger partial charge in [-0.3, -0.25) is 4.79 Å². The summed E-state index contributed by atoms with van der Waals surface area (Å²) in [6.45, 7) is 10.3. The summed E-state index contributed by atoms with van der Waals surface area (Å²) in [6, 6.07) is 7.88. The van der Waals surface area contributed by atoms with Crippen molar-refractivity contribution < 1.29 is 19.1 Å². The zero-order valence-electron chi connectivity index (χ0n) is 16.1. The molecule has 0 aromatic heterocycles. The third-order valence-corrected chi connectivity index (χ3v) is 3.18. The van der Waals surface area contributed by atoms with Crippen LogP contribution in [0.5, 0.6) is 0 Å². The van der Waals surface area contributed by atoms with E-state index >= 15 is 0 Å². The van der Waals surface area contributed by atoms with E-state index in [0.717, 1.165) is 11.1 Å². The standard InChI is InChI=1S/C19H30N2O4/c1-14(2)24-13-16-9-7-15(8-10-16)11-20-17(22)12-21(6)18(23)25-19(3,4)5/h7-10,14H,11-13H2,1-6H3,(H,20,22). The summed E-state index contributed by atoms with van der Waals surface area (Å²) in [5, 5.41) is 2.80. The van der Waals surface area contributed by atoms with Gasteiger partial charge in [-0.15, -0.1) is 0 Å². The van der Waals surface area contributed by atoms with Crippen LogP contribution in [0.15, 0.2) is 24.3 Å². The van der Waals surface area contributed by atoms with Gasteiger partial charge in [0.25, 0.3) is 0 Å². The van der Waals surface area contributed by atoms with Crippen LogP contribution < -0.4 is 5.32 Å². The second-order valence-corrected chi connectivity index (χ2v) is 7.29. The Morgan fingerprint density at radius 1 is 1.12 bits per heavy atom. The number of rotatable bonds is 7. The first-order valence-corrected chi connectivity index (χ1v) is 8.47. The Kier molecular flexibility index (Phi) is 7.90. The lowest BCUT2D eigenvalue weighted by Gasteiger charge is -2.24. The number of hydrogen-bond donors (Lipinski definition) is 1. The molecule has 25 heavy (non-hydrogen) atoms. The average Bonchev–Trinajstić information content (AvgIpc) is 2.50. The third-order valence-electron chi connectivity index (χ3n) is 3.18. The van der Waals surface area contributed by atoms with Gasteiger partial charge in [0.05, 0.1) is 12.7 Å². The minimum absolute atomic E-state index is 0.0464. The van der Waals surface area contributed by atoms with Crippen molar-refractivity contribution in [2.45, 2.75) is 59.5 Å². The Labute approximate surface area is 150 Å². The Morgan fingerprint density at radius 2 is 1.68 bits per heavy atom. The molecule has 0 bridgehead atoms. The van der Waals surface area contributed by atoms with E-state index in [2.05, 4.69) is 5.32 Å². The highest BCUT2D eigenvalue weighted by Crippen LogP contribution is 2.09. The van der Waals surface area contributed by atoms with Crippen LogP contribution in [0.1, 0.15) is 45.7 Å². The number of nitrogens with zero attached hydrogens (tertiary/aromatic N) is 1. The fraction of sp³-hybridized carbons (Fsp3) is 0.579. The zero-order chi connectivity index (χ0) is 19.0. The van der Waals surface area contributed by atoms with Crippen molar-refractivity contribution in [3.8, 4) is 0 Å². The molecule has 2 amide bonds. The molecule has 0 spiro atoms. The van der Waals surface area contributed by atoms with Crippen LogP contribution in [0.4, 0.5) is 4.79 Å². The molecule has 1 N–H and O–H groups in total. The zero-order valence-corrected chi connectivity index (χ0v) is 16.1. The largest absolute Gasteiger partial charge is 0.444 e. The lowest BCUT2D eigenvalue weighted by atomic mass is 10.1. The van der Waals surface area contributed by atoms with Gasteiger partial charge in [0.2, 0.25) is 5.91 Å². The lowest BCUT2D eigenvalue weighted by molar-refractivity contribution is -0.122. The molecule has 1 rings (SSSR count). The quantitative estimate of drug-likeness (QED) is 0.820. The first-order chi connectivity index (χ1) is 11.6. The van der Waals surface area contributed by atoms with Crippen LogP contribution in [0, 0.1) is 0 Å². The smallest absolute Gasteiger partial charge is 0.410 e. The Hall–Kier alpha value is -2.08. The highest BCUT2D eigenvalue weighted by Gasteiger charge is 2.20. The molecular weight excluding hydrogens is 320 g/mol. The SMILES string of the molecule is CC(C)OCc1ccc(CNC(=O)CN(C)C(=O)OC(C)(C)C)cc1. The number of ether oxygens (including phenoxy) is 2. The van der Waals surface area contributed by atoms with Gasteiger partial charge in [-0.1, -0.05) is 24.3 Å². The summed E-state index contributed by atoms with van der Waals surface area (Å²) in [6.07, 6.45) is -0.321. The molecule has 0 atom stereocenters. The number of benzene rings is 1. The second kappa shape index (κ2) is 9.42. The van der Waals surface area contributed by atoms with E-state index in [0.29, 0.717) is 13.2 Å². The first-order valence-electron chi connectivity index (χ1n) is 8.47. The second-order valence-electron chi connectivity index (χ2n) is 7.29. The highest BCUT2D eigenvalue weighted by atomic mass is 16.6. The van der Waals surface area contributed by atoms with Gasteiger partial charge < -0.3 is 19.7 Å². The van der Waals surface area contributed by atoms with Gasteiger partial charge in [-0.25, -0.2) is 4.79 Å². The number of amides is 2. The molecule has 6 nitrogen and oxygen atoms in total. The van der Waals surface area contributed by atoms with Crippen LogP contribution in [0.3, 0.4) is 0 Å². The molecular formula is C19H30N2O4. The number of nitrogens with one attached hydrogen (secondary N) is 1. The molecule has 0 unspecified atom stereocenters. The topological polar surface area (TPSA) is 67.9 Å². The summed E-state index contributed by atoms with van der Waals surface area (Å²) in [5.74, 6) is -0.236. The van der Waals surface area contributed by atoms with Gasteiger partial charge in [-0.2, -0.15) is 0 Å². The molecule has 140 valence electrons. The van der Waals surface area contributed by atoms with Crippen molar-refractivity contribution in [3.63, 3.8) is 0 Å². The van der Waals surface area contributed by atoms with E-state index in [9.17, 15) is 9.59 Å². The predicted molar refractivity (Wildman–Crippen MR) is 97.1 cm³/mol. The number of likely N-dealkylation sites (N-methyl/N-ethyl adjacent to an activating group) is 1. The summed E-state index contributed by atoms with van der Waals surface area (Å²) in [4.78, 5) is 25.0. The van der Waals surface area contributed by atoms with E-state index in [1.54, 1.807) is 20.8 Å². The van der Waals surface area contributed by atoms with E-state index in [4.69, 9.17) is 9.47 Å². The van der Waals surface area contributed by atoms with E-state index in [1.165, 1.54) is 11.9 Å². The lowest BCUT2D eigenvalue weighted by Crippen LogP contribution is -2.40. The summed E-state index contributed by atoms with van der Waals surface area (Å²) in [5.41, 5.74) is 1.50. The molecule has 0 radical (unpaired) electrons. The normalized spacial score (nSPS) is 11.3. The Balaban J connectivity index is 2.39. The van der Waals surface area contributed by atoms with E-state index in [1.807, 2.05) is 38.1 Å². The maximum atomic E-state index is 12.0. The van der Waals surface area contributed by atoms with Gasteiger partial charge in [-0.05, 0) is 45.7 Å². The van der Waals surface area contributed by atoms with Crippen LogP contribution in [0.2, 0.25) is 0 Å². The number of hydrogen-bond acceptors (Lipinski definition) is 4. The van der Waals surface area contributed by atoms with Crippen molar-refractivity contribution in [2.75, 3.05) is 13.6 Å². The maximum absolute atomic E-state index is 12.0. The molecule has 6 heteroatoms. The monoisotopic (exact) mass is 350 g/mol. The fourth-order valence-electron chi connectivity index (χ4n) is 1.89. The molecule has 1 aromatic rings. The Bertz CT molecular complexity index is 562. The summed E-state index contributed by atoms with van der Waals surface area (Å²) < 4.78 is 10.8. The first kappa shape index (κ1) is 21.0. The van der Waals surface area contributed by atoms with Gasteiger partial charge >= 0.3 is 6.09 Å². The van der Waals surface area contributed by atoms with Crippen molar-refractivity contribution in [2.24, 2.45) is 0 Å². The van der Waals surface area contributed by atoms with Gasteiger partial charge in [0, 0.05) is 13.6 Å². The molecule has 0 aliphatic carbocycles. The third kappa shape index (κ3) is 9.10. The molecule has 0 heterocycles. The van der Waals surface area contributed by atoms with Crippen molar-refractivity contribution in [1.82, 2.24) is 10.2 Å². The number of carbonyl (C=O) groups excluding carboxylic acids is 2. The van der Waals surface area contributed by atoms with E-state index in [-0.39, 0.29) is 18.6 Å². The highest BCUT2D eigenvalue weighted by molar-refractivity contribution is 5.82. The number of carbonyl (C=O) groups is 2. The average molecular weight is 350 g/mol. The van der Waals surface area contributed by atoms with Crippen molar-refractivity contribution in [3.05, 3.63) is 35.4 Å². The van der Waals surface area contributed by atoms with Crippen LogP contribution in [-0.4, -0.2) is 42.2 Å². The minimum atomic E-state index is -0.581. The molecule has 1 aromatic carbocycles. The van der Waals surface area contributed by atoms with Crippen molar-refractivity contribution >= 4 is 12.0 Å².